The normalized spacial score (nSPS) is 14.8. The van der Waals surface area contributed by atoms with Gasteiger partial charge in [-0.2, -0.15) is 5.06 Å². The topological polar surface area (TPSA) is 61.1 Å². The Morgan fingerprint density at radius 3 is 2.09 bits per heavy atom. The van der Waals surface area contributed by atoms with Crippen molar-refractivity contribution in [1.29, 1.82) is 0 Å². The van der Waals surface area contributed by atoms with E-state index in [4.69, 9.17) is 16.4 Å². The molecular formula is C25H22ClN3O3. The van der Waals surface area contributed by atoms with Gasteiger partial charge < -0.3 is 20.0 Å². The van der Waals surface area contributed by atoms with Gasteiger partial charge in [-0.1, -0.05) is 41.9 Å². The van der Waals surface area contributed by atoms with Crippen molar-refractivity contribution < 1.29 is 15.1 Å². The molecule has 1 aliphatic heterocycles. The van der Waals surface area contributed by atoms with E-state index in [0.717, 1.165) is 16.9 Å². The maximum absolute atomic E-state index is 11.2. The van der Waals surface area contributed by atoms with Crippen molar-refractivity contribution >= 4 is 23.0 Å². The van der Waals surface area contributed by atoms with E-state index < -0.39 is 6.04 Å². The van der Waals surface area contributed by atoms with Crippen molar-refractivity contribution in [2.45, 2.75) is 6.04 Å². The number of hydrogen-bond donors (Lipinski definition) is 2. The predicted molar refractivity (Wildman–Crippen MR) is 126 cm³/mol. The molecule has 32 heavy (non-hydrogen) atoms. The average Bonchev–Trinajstić information content (AvgIpc) is 3.31. The van der Waals surface area contributed by atoms with Gasteiger partial charge in [0.05, 0.1) is 16.9 Å². The molecule has 1 aliphatic rings. The maximum Gasteiger partial charge on any atom is 0.246 e. The summed E-state index contributed by atoms with van der Waals surface area (Å²) < 4.78 is 1.39. The number of hydrogen-bond acceptors (Lipinski definition) is 5. The lowest BCUT2D eigenvalue weighted by atomic mass is 9.99. The van der Waals surface area contributed by atoms with Crippen LogP contribution in [0.2, 0.25) is 5.02 Å². The van der Waals surface area contributed by atoms with Crippen molar-refractivity contribution in [3.05, 3.63) is 95.0 Å². The monoisotopic (exact) mass is 447 g/mol. The largest absolute Gasteiger partial charge is 0.494 e. The van der Waals surface area contributed by atoms with Gasteiger partial charge in [-0.05, 0) is 54.1 Å². The van der Waals surface area contributed by atoms with Crippen molar-refractivity contribution in [3.63, 3.8) is 0 Å². The average molecular weight is 448 g/mol. The fourth-order valence-electron chi connectivity index (χ4n) is 4.02. The van der Waals surface area contributed by atoms with Crippen molar-refractivity contribution in [2.24, 2.45) is 0 Å². The van der Waals surface area contributed by atoms with Gasteiger partial charge in [-0.15, -0.1) is 0 Å². The first-order valence-corrected chi connectivity index (χ1v) is 10.6. The van der Waals surface area contributed by atoms with E-state index in [1.165, 1.54) is 4.57 Å². The van der Waals surface area contributed by atoms with E-state index >= 15 is 0 Å². The smallest absolute Gasteiger partial charge is 0.246 e. The highest BCUT2D eigenvalue weighted by molar-refractivity contribution is 6.30. The minimum atomic E-state index is -0.474. The highest BCUT2D eigenvalue weighted by Crippen LogP contribution is 2.54. The quantitative estimate of drug-likeness (QED) is 0.432. The van der Waals surface area contributed by atoms with Gasteiger partial charge in [-0.3, -0.25) is 0 Å². The molecule has 6 nitrogen and oxygen atoms in total. The van der Waals surface area contributed by atoms with Crippen LogP contribution in [0.25, 0.3) is 5.69 Å². The summed E-state index contributed by atoms with van der Waals surface area (Å²) in [6.07, 6.45) is 0. The molecule has 2 N–H and O–H groups in total. The lowest BCUT2D eigenvalue weighted by Crippen LogP contribution is -2.27. The zero-order chi connectivity index (χ0) is 22.4. The molecule has 2 heterocycles. The van der Waals surface area contributed by atoms with Crippen LogP contribution in [0, 0.1) is 0 Å². The van der Waals surface area contributed by atoms with Crippen LogP contribution < -0.4 is 14.8 Å². The number of nitrogens with zero attached hydrogens (tertiary/aromatic N) is 3. The van der Waals surface area contributed by atoms with E-state index in [1.807, 2.05) is 85.7 Å². The number of halogens is 1. The van der Waals surface area contributed by atoms with Crippen LogP contribution in [0.4, 0.5) is 11.4 Å². The first-order chi connectivity index (χ1) is 15.5. The molecule has 1 unspecified atom stereocenters. The van der Waals surface area contributed by atoms with Crippen LogP contribution >= 0.6 is 11.6 Å². The number of anilines is 2. The summed E-state index contributed by atoms with van der Waals surface area (Å²) in [4.78, 5) is 8.16. The van der Waals surface area contributed by atoms with Crippen LogP contribution in [0.5, 0.6) is 17.5 Å². The molecule has 1 aromatic heterocycles. The maximum atomic E-state index is 11.2. The van der Waals surface area contributed by atoms with Gasteiger partial charge in [0.1, 0.15) is 6.04 Å². The molecule has 1 atom stereocenters. The number of aromatic hydroxyl groups is 2. The van der Waals surface area contributed by atoms with Gasteiger partial charge in [0, 0.05) is 24.8 Å². The molecule has 162 valence electrons. The first kappa shape index (κ1) is 20.2. The molecule has 0 fully saturated rings. The summed E-state index contributed by atoms with van der Waals surface area (Å²) in [6.45, 7) is 0. The van der Waals surface area contributed by atoms with Crippen molar-refractivity contribution in [2.75, 3.05) is 24.1 Å². The molecule has 7 heteroatoms. The SMILES string of the molecule is CN(C)c1ccc(C2c3c(c(O)n(-c4ccccc4)c3O)ON2c2ccc(Cl)cc2)cc1. The van der Waals surface area contributed by atoms with Gasteiger partial charge in [-0.25, -0.2) is 4.57 Å². The second-order valence-electron chi connectivity index (χ2n) is 7.84. The van der Waals surface area contributed by atoms with Crippen molar-refractivity contribution in [3.8, 4) is 23.2 Å². The Kier molecular flexibility index (Phi) is 4.87. The Balaban J connectivity index is 1.67. The van der Waals surface area contributed by atoms with Crippen LogP contribution in [-0.4, -0.2) is 28.9 Å². The summed E-state index contributed by atoms with van der Waals surface area (Å²) in [5.41, 5.74) is 3.85. The number of hydroxylamine groups is 1. The third-order valence-electron chi connectivity index (χ3n) is 5.63. The van der Waals surface area contributed by atoms with Gasteiger partial charge >= 0.3 is 0 Å². The van der Waals surface area contributed by atoms with Gasteiger partial charge in [0.25, 0.3) is 0 Å². The summed E-state index contributed by atoms with van der Waals surface area (Å²) in [5.74, 6) is -0.0000796. The Hall–Kier alpha value is -3.77. The lowest BCUT2D eigenvalue weighted by molar-refractivity contribution is 0.273. The molecule has 5 rings (SSSR count). The van der Waals surface area contributed by atoms with E-state index in [0.29, 0.717) is 16.3 Å². The fraction of sp³-hybridized carbons (Fsp3) is 0.120. The molecule has 3 aromatic carbocycles. The third kappa shape index (κ3) is 3.20. The summed E-state index contributed by atoms with van der Waals surface area (Å²) in [7, 11) is 3.96. The van der Waals surface area contributed by atoms with Crippen molar-refractivity contribution in [1.82, 2.24) is 4.57 Å². The van der Waals surface area contributed by atoms with Crippen LogP contribution in [-0.2, 0) is 0 Å². The minimum absolute atomic E-state index is 0.0677. The zero-order valence-corrected chi connectivity index (χ0v) is 18.4. The van der Waals surface area contributed by atoms with Gasteiger partial charge in [0.15, 0.2) is 0 Å². The molecule has 0 bridgehead atoms. The predicted octanol–water partition coefficient (Wildman–Crippen LogP) is 5.51. The standard InChI is InChI=1S/C25H22ClN3O3/c1-27(2)18-12-8-16(9-13-18)22-21-23(32-29(22)20-14-10-17(26)11-15-20)25(31)28(24(21)30)19-6-4-3-5-7-19/h3-15,22,30-31H,1-2H3. The Morgan fingerprint density at radius 2 is 1.47 bits per heavy atom. The molecule has 0 amide bonds. The zero-order valence-electron chi connectivity index (χ0n) is 17.6. The molecular weight excluding hydrogens is 426 g/mol. The van der Waals surface area contributed by atoms with Crippen LogP contribution in [0.3, 0.4) is 0 Å². The highest BCUT2D eigenvalue weighted by atomic mass is 35.5. The number of fused-ring (bicyclic) bond motifs is 1. The molecule has 0 spiro atoms. The summed E-state index contributed by atoms with van der Waals surface area (Å²) in [6, 6.07) is 24.0. The minimum Gasteiger partial charge on any atom is -0.494 e. The molecule has 4 aromatic rings. The third-order valence-corrected chi connectivity index (χ3v) is 5.88. The summed E-state index contributed by atoms with van der Waals surface area (Å²) >= 11 is 6.08. The number of benzene rings is 3. The number of rotatable bonds is 4. The Bertz CT molecular complexity index is 1250. The van der Waals surface area contributed by atoms with E-state index in [9.17, 15) is 10.2 Å². The Morgan fingerprint density at radius 1 is 0.812 bits per heavy atom. The molecule has 0 radical (unpaired) electrons. The molecule has 0 saturated carbocycles. The van der Waals surface area contributed by atoms with E-state index in [2.05, 4.69) is 0 Å². The van der Waals surface area contributed by atoms with E-state index in [1.54, 1.807) is 17.2 Å². The summed E-state index contributed by atoms with van der Waals surface area (Å²) in [5, 5.41) is 24.5. The fourth-order valence-corrected chi connectivity index (χ4v) is 4.14. The first-order valence-electron chi connectivity index (χ1n) is 10.2. The van der Waals surface area contributed by atoms with Crippen LogP contribution in [0.1, 0.15) is 17.2 Å². The second kappa shape index (κ2) is 7.73. The second-order valence-corrected chi connectivity index (χ2v) is 8.28. The molecule has 0 saturated heterocycles. The van der Waals surface area contributed by atoms with E-state index in [-0.39, 0.29) is 17.5 Å². The van der Waals surface area contributed by atoms with Crippen LogP contribution in [0.15, 0.2) is 78.9 Å². The lowest BCUT2D eigenvalue weighted by Gasteiger charge is -2.26. The molecule has 0 aliphatic carbocycles. The number of para-hydroxylation sites is 1. The Labute approximate surface area is 191 Å². The number of aromatic nitrogens is 1. The highest BCUT2D eigenvalue weighted by Gasteiger charge is 2.43. The van der Waals surface area contributed by atoms with Gasteiger partial charge in [0.2, 0.25) is 17.5 Å².